The second-order valence-electron chi connectivity index (χ2n) is 11.3. The third kappa shape index (κ3) is 3.92. The lowest BCUT2D eigenvalue weighted by Gasteiger charge is -2.58. The number of aliphatic hydroxyl groups is 1. The van der Waals surface area contributed by atoms with E-state index in [0.29, 0.717) is 28.0 Å². The van der Waals surface area contributed by atoms with Crippen molar-refractivity contribution in [1.29, 1.82) is 0 Å². The minimum absolute atomic E-state index is 0.178. The topological polar surface area (TPSA) is 29.5 Å². The largest absolute Gasteiger partial charge is 0.416 e. The van der Waals surface area contributed by atoms with Crippen LogP contribution in [0.4, 0.5) is 0 Å². The van der Waals surface area contributed by atoms with Crippen molar-refractivity contribution in [3.63, 3.8) is 0 Å². The fraction of sp³-hybridized carbons (Fsp3) is 0.920. The summed E-state index contributed by atoms with van der Waals surface area (Å²) in [6.07, 6.45) is 8.38. The highest BCUT2D eigenvalue weighted by Gasteiger charge is 2.54. The maximum Gasteiger partial charge on any atom is 0.200 e. The first-order valence-electron chi connectivity index (χ1n) is 11.9. The molecule has 28 heavy (non-hydrogen) atoms. The molecule has 2 aliphatic rings. The van der Waals surface area contributed by atoms with Crippen molar-refractivity contribution in [3.8, 4) is 0 Å². The van der Waals surface area contributed by atoms with Crippen molar-refractivity contribution >= 4 is 8.32 Å². The predicted molar refractivity (Wildman–Crippen MR) is 124 cm³/mol. The molecular weight excluding hydrogens is 360 g/mol. The van der Waals surface area contributed by atoms with E-state index in [9.17, 15) is 5.11 Å². The molecule has 2 aliphatic carbocycles. The standard InChI is InChI=1S/C25H48O2Si/c1-18(2)28(19(3)4,20(5)6)27-16-15-24(8)21(7)13-14-25(9)22(17-26)11-10-12-23(24)25/h11,18-21,23,26H,10,12-17H2,1-9H3/t21-,23+,24-,25-/m1/s1. The van der Waals surface area contributed by atoms with Crippen molar-refractivity contribution in [2.75, 3.05) is 13.2 Å². The fourth-order valence-corrected chi connectivity index (χ4v) is 12.9. The average Bonchev–Trinajstić information content (AvgIpc) is 2.61. The smallest absolute Gasteiger partial charge is 0.200 e. The van der Waals surface area contributed by atoms with Gasteiger partial charge in [-0.2, -0.15) is 0 Å². The number of hydrogen-bond donors (Lipinski definition) is 1. The Balaban J connectivity index is 2.22. The third-order valence-electron chi connectivity index (χ3n) is 9.24. The minimum Gasteiger partial charge on any atom is -0.416 e. The summed E-state index contributed by atoms with van der Waals surface area (Å²) in [4.78, 5) is 0. The van der Waals surface area contributed by atoms with Gasteiger partial charge in [0.15, 0.2) is 8.32 Å². The molecule has 164 valence electrons. The van der Waals surface area contributed by atoms with Crippen LogP contribution in [0.1, 0.15) is 94.4 Å². The Labute approximate surface area is 176 Å². The van der Waals surface area contributed by atoms with Crippen LogP contribution in [0.2, 0.25) is 16.6 Å². The van der Waals surface area contributed by atoms with E-state index in [-0.39, 0.29) is 12.0 Å². The van der Waals surface area contributed by atoms with Crippen LogP contribution in [-0.2, 0) is 4.43 Å². The van der Waals surface area contributed by atoms with Gasteiger partial charge in [-0.05, 0) is 77.0 Å². The van der Waals surface area contributed by atoms with Gasteiger partial charge in [0, 0.05) is 6.61 Å². The van der Waals surface area contributed by atoms with Crippen LogP contribution in [0, 0.1) is 22.7 Å². The highest BCUT2D eigenvalue weighted by molar-refractivity contribution is 6.77. The summed E-state index contributed by atoms with van der Waals surface area (Å²) in [5, 5.41) is 10.0. The van der Waals surface area contributed by atoms with Crippen molar-refractivity contribution in [1.82, 2.24) is 0 Å². The quantitative estimate of drug-likeness (QED) is 0.336. The van der Waals surface area contributed by atoms with Crippen LogP contribution in [0.3, 0.4) is 0 Å². The monoisotopic (exact) mass is 408 g/mol. The van der Waals surface area contributed by atoms with E-state index in [4.69, 9.17) is 4.43 Å². The van der Waals surface area contributed by atoms with Crippen LogP contribution in [0.5, 0.6) is 0 Å². The van der Waals surface area contributed by atoms with Crippen LogP contribution in [0.15, 0.2) is 11.6 Å². The van der Waals surface area contributed by atoms with Crippen LogP contribution < -0.4 is 0 Å². The molecule has 0 unspecified atom stereocenters. The second-order valence-corrected chi connectivity index (χ2v) is 16.8. The Hall–Kier alpha value is -0.123. The summed E-state index contributed by atoms with van der Waals surface area (Å²) in [7, 11) is -1.80. The first-order valence-corrected chi connectivity index (χ1v) is 14.0. The number of rotatable bonds is 8. The molecule has 0 heterocycles. The minimum atomic E-state index is -1.80. The summed E-state index contributed by atoms with van der Waals surface area (Å²) in [5.41, 5.74) is 3.72. The van der Waals surface area contributed by atoms with E-state index in [2.05, 4.69) is 68.4 Å². The molecule has 1 saturated carbocycles. The van der Waals surface area contributed by atoms with Crippen molar-refractivity contribution in [2.45, 2.75) is 111 Å². The first kappa shape index (κ1) is 24.1. The summed E-state index contributed by atoms with van der Waals surface area (Å²) < 4.78 is 6.97. The normalized spacial score (nSPS) is 34.1. The van der Waals surface area contributed by atoms with Crippen molar-refractivity contribution in [2.24, 2.45) is 22.7 Å². The average molecular weight is 409 g/mol. The van der Waals surface area contributed by atoms with E-state index in [1.54, 1.807) is 0 Å². The number of hydrogen-bond acceptors (Lipinski definition) is 2. The highest BCUT2D eigenvalue weighted by Crippen LogP contribution is 2.61. The summed E-state index contributed by atoms with van der Waals surface area (Å²) in [5.74, 6) is 1.38. The second kappa shape index (κ2) is 8.94. The molecule has 0 amide bonds. The summed E-state index contributed by atoms with van der Waals surface area (Å²) in [6, 6.07) is 0. The van der Waals surface area contributed by atoms with E-state index in [1.165, 1.54) is 24.8 Å². The van der Waals surface area contributed by atoms with Crippen LogP contribution in [0.25, 0.3) is 0 Å². The first-order chi connectivity index (χ1) is 13.0. The van der Waals surface area contributed by atoms with Gasteiger partial charge in [-0.3, -0.25) is 0 Å². The van der Waals surface area contributed by atoms with Crippen LogP contribution in [-0.4, -0.2) is 26.6 Å². The molecule has 0 aromatic carbocycles. The molecule has 2 rings (SSSR count). The van der Waals surface area contributed by atoms with Gasteiger partial charge >= 0.3 is 0 Å². The molecule has 4 atom stereocenters. The number of fused-ring (bicyclic) bond motifs is 1. The molecule has 0 spiro atoms. The fourth-order valence-electron chi connectivity index (χ4n) is 7.40. The van der Waals surface area contributed by atoms with Gasteiger partial charge < -0.3 is 9.53 Å². The van der Waals surface area contributed by atoms with Crippen LogP contribution >= 0.6 is 0 Å². The SMILES string of the molecule is CC(C)[Si](OCC[C@]1(C)[C@H](C)CC[C@]2(C)C(CO)=CCC[C@@H]12)(C(C)C)C(C)C. The molecular formula is C25H48O2Si. The Morgan fingerprint density at radius 3 is 2.14 bits per heavy atom. The summed E-state index contributed by atoms with van der Waals surface area (Å²) in [6.45, 7) is 22.9. The Kier molecular flexibility index (Phi) is 7.71. The molecule has 0 aromatic rings. The Morgan fingerprint density at radius 2 is 1.64 bits per heavy atom. The lowest BCUT2D eigenvalue weighted by molar-refractivity contribution is -0.0578. The zero-order valence-electron chi connectivity index (χ0n) is 20.3. The molecule has 0 aromatic heterocycles. The van der Waals surface area contributed by atoms with E-state index in [1.807, 2.05) is 0 Å². The lowest BCUT2D eigenvalue weighted by atomic mass is 9.47. The van der Waals surface area contributed by atoms with Crippen molar-refractivity contribution in [3.05, 3.63) is 11.6 Å². The zero-order valence-corrected chi connectivity index (χ0v) is 21.3. The predicted octanol–water partition coefficient (Wildman–Crippen LogP) is 7.34. The Bertz CT molecular complexity index is 531. The van der Waals surface area contributed by atoms with Gasteiger partial charge in [0.25, 0.3) is 0 Å². The maximum absolute atomic E-state index is 10.0. The number of aliphatic hydroxyl groups excluding tert-OH is 1. The third-order valence-corrected chi connectivity index (χ3v) is 15.4. The molecule has 0 saturated heterocycles. The Morgan fingerprint density at radius 1 is 1.07 bits per heavy atom. The van der Waals surface area contributed by atoms with E-state index >= 15 is 0 Å². The molecule has 3 heteroatoms. The number of allylic oxidation sites excluding steroid dienone is 1. The van der Waals surface area contributed by atoms with Gasteiger partial charge in [-0.1, -0.05) is 68.4 Å². The zero-order chi connectivity index (χ0) is 21.3. The highest BCUT2D eigenvalue weighted by atomic mass is 28.4. The van der Waals surface area contributed by atoms with E-state index in [0.717, 1.165) is 25.4 Å². The molecule has 1 fully saturated rings. The molecule has 1 N–H and O–H groups in total. The molecule has 2 nitrogen and oxygen atoms in total. The molecule has 0 aliphatic heterocycles. The maximum atomic E-state index is 10.0. The molecule has 0 bridgehead atoms. The van der Waals surface area contributed by atoms with Gasteiger partial charge in [-0.25, -0.2) is 0 Å². The summed E-state index contributed by atoms with van der Waals surface area (Å²) >= 11 is 0. The van der Waals surface area contributed by atoms with Gasteiger partial charge in [0.2, 0.25) is 0 Å². The lowest BCUT2D eigenvalue weighted by Crippen LogP contribution is -2.52. The van der Waals surface area contributed by atoms with Crippen molar-refractivity contribution < 1.29 is 9.53 Å². The van der Waals surface area contributed by atoms with Gasteiger partial charge in [0.1, 0.15) is 0 Å². The van der Waals surface area contributed by atoms with Gasteiger partial charge in [0.05, 0.1) is 6.61 Å². The van der Waals surface area contributed by atoms with E-state index < -0.39 is 8.32 Å². The molecule has 0 radical (unpaired) electrons. The van der Waals surface area contributed by atoms with Gasteiger partial charge in [-0.15, -0.1) is 0 Å².